The minimum absolute atomic E-state index is 0.226. The van der Waals surface area contributed by atoms with Crippen molar-refractivity contribution < 1.29 is 4.79 Å². The highest BCUT2D eigenvalue weighted by atomic mass is 16.2. The molecule has 1 aliphatic heterocycles. The maximum absolute atomic E-state index is 11.8. The second-order valence-electron chi connectivity index (χ2n) is 5.89. The summed E-state index contributed by atoms with van der Waals surface area (Å²) in [6, 6.07) is 8.83. The summed E-state index contributed by atoms with van der Waals surface area (Å²) < 4.78 is 0. The molecule has 1 aromatic rings. The van der Waals surface area contributed by atoms with Gasteiger partial charge in [-0.1, -0.05) is 29.8 Å². The van der Waals surface area contributed by atoms with Crippen LogP contribution in [0.2, 0.25) is 0 Å². The fraction of sp³-hybridized carbons (Fsp3) is 0.588. The Morgan fingerprint density at radius 2 is 1.90 bits per heavy atom. The summed E-state index contributed by atoms with van der Waals surface area (Å²) in [5, 5.41) is 0. The molecule has 2 N–H and O–H groups in total. The lowest BCUT2D eigenvalue weighted by molar-refractivity contribution is -0.132. The zero-order valence-corrected chi connectivity index (χ0v) is 12.5. The van der Waals surface area contributed by atoms with E-state index in [1.807, 2.05) is 4.90 Å². The predicted molar refractivity (Wildman–Crippen MR) is 82.5 cm³/mol. The van der Waals surface area contributed by atoms with Gasteiger partial charge >= 0.3 is 0 Å². The molecule has 1 heterocycles. The van der Waals surface area contributed by atoms with Gasteiger partial charge in [-0.25, -0.2) is 0 Å². The summed E-state index contributed by atoms with van der Waals surface area (Å²) in [4.78, 5) is 13.7. The lowest BCUT2D eigenvalue weighted by Crippen LogP contribution is -2.39. The molecule has 0 aliphatic carbocycles. The number of nitrogens with zero attached hydrogens (tertiary/aromatic N) is 1. The van der Waals surface area contributed by atoms with E-state index in [0.717, 1.165) is 38.3 Å². The highest BCUT2D eigenvalue weighted by Crippen LogP contribution is 2.22. The van der Waals surface area contributed by atoms with Gasteiger partial charge < -0.3 is 10.6 Å². The standard InChI is InChI=1S/C17H26N2O/c1-14-2-4-15(5-3-14)6-7-16-9-12-19(13-10-16)17(20)8-11-18/h2-5,16H,6-13,18H2,1H3. The van der Waals surface area contributed by atoms with Crippen molar-refractivity contribution in [3.8, 4) is 0 Å². The van der Waals surface area contributed by atoms with Gasteiger partial charge in [0.05, 0.1) is 0 Å². The van der Waals surface area contributed by atoms with Gasteiger partial charge in [0.2, 0.25) is 5.91 Å². The Kier molecular flexibility index (Phi) is 5.60. The number of hydrogen-bond acceptors (Lipinski definition) is 2. The van der Waals surface area contributed by atoms with Crippen molar-refractivity contribution >= 4 is 5.91 Å². The normalized spacial score (nSPS) is 16.4. The third-order valence-corrected chi connectivity index (χ3v) is 4.29. The number of nitrogens with two attached hydrogens (primary N) is 1. The fourth-order valence-electron chi connectivity index (χ4n) is 2.88. The minimum atomic E-state index is 0.226. The third kappa shape index (κ3) is 4.34. The first-order chi connectivity index (χ1) is 9.69. The predicted octanol–water partition coefficient (Wildman–Crippen LogP) is 2.52. The quantitative estimate of drug-likeness (QED) is 0.897. The van der Waals surface area contributed by atoms with Crippen molar-refractivity contribution in [1.29, 1.82) is 0 Å². The Morgan fingerprint density at radius 3 is 2.50 bits per heavy atom. The van der Waals surface area contributed by atoms with Crippen LogP contribution in [0.25, 0.3) is 0 Å². The van der Waals surface area contributed by atoms with E-state index in [1.165, 1.54) is 17.5 Å². The molecule has 1 fully saturated rings. The molecule has 3 heteroatoms. The summed E-state index contributed by atoms with van der Waals surface area (Å²) in [7, 11) is 0. The molecule has 1 aliphatic rings. The van der Waals surface area contributed by atoms with Crippen molar-refractivity contribution in [2.75, 3.05) is 19.6 Å². The molecule has 110 valence electrons. The first kappa shape index (κ1) is 15.0. The van der Waals surface area contributed by atoms with Crippen LogP contribution in [0.15, 0.2) is 24.3 Å². The van der Waals surface area contributed by atoms with Crippen molar-refractivity contribution in [1.82, 2.24) is 4.90 Å². The number of rotatable bonds is 5. The topological polar surface area (TPSA) is 46.3 Å². The largest absolute Gasteiger partial charge is 0.343 e. The average molecular weight is 274 g/mol. The monoisotopic (exact) mass is 274 g/mol. The molecule has 20 heavy (non-hydrogen) atoms. The smallest absolute Gasteiger partial charge is 0.223 e. The van der Waals surface area contributed by atoms with E-state index in [9.17, 15) is 4.79 Å². The number of carbonyl (C=O) groups excluding carboxylic acids is 1. The van der Waals surface area contributed by atoms with Gasteiger partial charge in [0.1, 0.15) is 0 Å². The van der Waals surface area contributed by atoms with Crippen molar-refractivity contribution in [3.63, 3.8) is 0 Å². The molecule has 1 aromatic carbocycles. The van der Waals surface area contributed by atoms with Gasteiger partial charge in [0, 0.05) is 26.1 Å². The molecule has 0 saturated carbocycles. The van der Waals surface area contributed by atoms with Crippen molar-refractivity contribution in [2.45, 2.75) is 39.0 Å². The Balaban J connectivity index is 1.72. The van der Waals surface area contributed by atoms with E-state index in [-0.39, 0.29) is 5.91 Å². The van der Waals surface area contributed by atoms with E-state index >= 15 is 0 Å². The van der Waals surface area contributed by atoms with E-state index in [2.05, 4.69) is 31.2 Å². The first-order valence-corrected chi connectivity index (χ1v) is 7.72. The van der Waals surface area contributed by atoms with Crippen LogP contribution < -0.4 is 5.73 Å². The van der Waals surface area contributed by atoms with Gasteiger partial charge in [-0.05, 0) is 44.1 Å². The number of hydrogen-bond donors (Lipinski definition) is 1. The molecule has 0 bridgehead atoms. The molecule has 1 saturated heterocycles. The van der Waals surface area contributed by atoms with Crippen LogP contribution in [0.1, 0.15) is 36.8 Å². The van der Waals surface area contributed by atoms with E-state index in [1.54, 1.807) is 0 Å². The van der Waals surface area contributed by atoms with Gasteiger partial charge in [-0.3, -0.25) is 4.79 Å². The van der Waals surface area contributed by atoms with Crippen molar-refractivity contribution in [2.24, 2.45) is 11.7 Å². The van der Waals surface area contributed by atoms with Crippen LogP contribution in [-0.4, -0.2) is 30.4 Å². The molecular weight excluding hydrogens is 248 g/mol. The summed E-state index contributed by atoms with van der Waals surface area (Å²) >= 11 is 0. The number of aryl methyl sites for hydroxylation is 2. The molecule has 0 aromatic heterocycles. The number of amides is 1. The molecule has 0 radical (unpaired) electrons. The molecule has 0 atom stereocenters. The summed E-state index contributed by atoms with van der Waals surface area (Å²) in [5.41, 5.74) is 8.19. The van der Waals surface area contributed by atoms with E-state index in [4.69, 9.17) is 5.73 Å². The number of carbonyl (C=O) groups is 1. The highest BCUT2D eigenvalue weighted by Gasteiger charge is 2.21. The SMILES string of the molecule is Cc1ccc(CCC2CCN(C(=O)CCN)CC2)cc1. The van der Waals surface area contributed by atoms with Crippen LogP contribution in [0.5, 0.6) is 0 Å². The van der Waals surface area contributed by atoms with E-state index < -0.39 is 0 Å². The van der Waals surface area contributed by atoms with Crippen LogP contribution in [-0.2, 0) is 11.2 Å². The van der Waals surface area contributed by atoms with Crippen molar-refractivity contribution in [3.05, 3.63) is 35.4 Å². The molecule has 2 rings (SSSR count). The van der Waals surface area contributed by atoms with Crippen LogP contribution in [0.4, 0.5) is 0 Å². The Bertz CT molecular complexity index is 419. The molecule has 3 nitrogen and oxygen atoms in total. The van der Waals surface area contributed by atoms with Crippen LogP contribution in [0.3, 0.4) is 0 Å². The minimum Gasteiger partial charge on any atom is -0.343 e. The number of benzene rings is 1. The summed E-state index contributed by atoms with van der Waals surface area (Å²) in [6.07, 6.45) is 5.17. The Labute approximate surface area is 122 Å². The van der Waals surface area contributed by atoms with Gasteiger partial charge in [-0.2, -0.15) is 0 Å². The maximum Gasteiger partial charge on any atom is 0.223 e. The van der Waals surface area contributed by atoms with Gasteiger partial charge in [-0.15, -0.1) is 0 Å². The number of piperidine rings is 1. The van der Waals surface area contributed by atoms with Gasteiger partial charge in [0.25, 0.3) is 0 Å². The lowest BCUT2D eigenvalue weighted by atomic mass is 9.90. The lowest BCUT2D eigenvalue weighted by Gasteiger charge is -2.32. The first-order valence-electron chi connectivity index (χ1n) is 7.72. The van der Waals surface area contributed by atoms with Crippen LogP contribution in [0, 0.1) is 12.8 Å². The summed E-state index contributed by atoms with van der Waals surface area (Å²) in [5.74, 6) is 0.989. The Morgan fingerprint density at radius 1 is 1.25 bits per heavy atom. The summed E-state index contributed by atoms with van der Waals surface area (Å²) in [6.45, 7) is 4.42. The van der Waals surface area contributed by atoms with Crippen LogP contribution >= 0.6 is 0 Å². The highest BCUT2D eigenvalue weighted by molar-refractivity contribution is 5.76. The molecule has 0 spiro atoms. The number of likely N-dealkylation sites (tertiary alicyclic amines) is 1. The van der Waals surface area contributed by atoms with Gasteiger partial charge in [0.15, 0.2) is 0 Å². The Hall–Kier alpha value is -1.35. The molecule has 1 amide bonds. The second kappa shape index (κ2) is 7.44. The molecular formula is C17H26N2O. The fourth-order valence-corrected chi connectivity index (χ4v) is 2.88. The maximum atomic E-state index is 11.8. The zero-order chi connectivity index (χ0) is 14.4. The van der Waals surface area contributed by atoms with E-state index in [0.29, 0.717) is 13.0 Å². The zero-order valence-electron chi connectivity index (χ0n) is 12.5. The average Bonchev–Trinajstić information content (AvgIpc) is 2.47. The third-order valence-electron chi connectivity index (χ3n) is 4.29. The molecule has 0 unspecified atom stereocenters. The second-order valence-corrected chi connectivity index (χ2v) is 5.89.